The zero-order valence-corrected chi connectivity index (χ0v) is 25.2. The van der Waals surface area contributed by atoms with Gasteiger partial charge in [-0.05, 0) is 65.6 Å². The number of rotatable bonds is 9. The normalized spacial score (nSPS) is 14.8. The van der Waals surface area contributed by atoms with Crippen LogP contribution in [0.3, 0.4) is 0 Å². The molecule has 1 aliphatic heterocycles. The van der Waals surface area contributed by atoms with Crippen LogP contribution in [-0.4, -0.2) is 47.6 Å². The molecule has 0 saturated heterocycles. The second-order valence-corrected chi connectivity index (χ2v) is 10.8. The number of amidine groups is 1. The van der Waals surface area contributed by atoms with E-state index in [1.807, 2.05) is 0 Å². The van der Waals surface area contributed by atoms with E-state index >= 15 is 0 Å². The molecule has 5 nitrogen and oxygen atoms in total. The summed E-state index contributed by atoms with van der Waals surface area (Å²) in [4.78, 5) is 17.2. The third-order valence-electron chi connectivity index (χ3n) is 7.79. The van der Waals surface area contributed by atoms with E-state index in [0.29, 0.717) is 0 Å². The fourth-order valence-corrected chi connectivity index (χ4v) is 5.27. The van der Waals surface area contributed by atoms with Gasteiger partial charge in [-0.3, -0.25) is 0 Å². The first kappa shape index (κ1) is 29.1. The van der Waals surface area contributed by atoms with Gasteiger partial charge >= 0.3 is 0 Å². The summed E-state index contributed by atoms with van der Waals surface area (Å²) in [6.45, 7) is 9.01. The fraction of sp³-hybridized carbons (Fsp3) is 0.371. The van der Waals surface area contributed by atoms with Crippen molar-refractivity contribution < 1.29 is 0 Å². The molecular weight excluding hydrogens is 490 g/mol. The van der Waals surface area contributed by atoms with Crippen LogP contribution in [0.5, 0.6) is 0 Å². The van der Waals surface area contributed by atoms with Gasteiger partial charge in [0.15, 0.2) is 0 Å². The monoisotopic (exact) mass is 535 g/mol. The van der Waals surface area contributed by atoms with Crippen LogP contribution in [0.15, 0.2) is 94.7 Å². The number of aryl methyl sites for hydroxylation is 3. The predicted octanol–water partition coefficient (Wildman–Crippen LogP) is 7.21. The average molecular weight is 536 g/mol. The van der Waals surface area contributed by atoms with Gasteiger partial charge in [0.2, 0.25) is 5.96 Å². The Morgan fingerprint density at radius 3 is 1.68 bits per heavy atom. The molecule has 0 aliphatic carbocycles. The molecule has 0 N–H and O–H groups in total. The fourth-order valence-electron chi connectivity index (χ4n) is 5.27. The molecule has 0 fully saturated rings. The van der Waals surface area contributed by atoms with E-state index in [-0.39, 0.29) is 0 Å². The van der Waals surface area contributed by atoms with E-state index in [4.69, 9.17) is 9.98 Å². The van der Waals surface area contributed by atoms with Crippen molar-refractivity contribution in [1.82, 2.24) is 14.7 Å². The van der Waals surface area contributed by atoms with Gasteiger partial charge in [0.25, 0.3) is 0 Å². The molecule has 1 heterocycles. The highest BCUT2D eigenvalue weighted by Crippen LogP contribution is 2.20. The van der Waals surface area contributed by atoms with Crippen molar-refractivity contribution in [3.8, 4) is 0 Å². The molecular formula is C35H45N5. The van der Waals surface area contributed by atoms with Gasteiger partial charge in [-0.1, -0.05) is 86.6 Å². The molecule has 1 aliphatic rings. The van der Waals surface area contributed by atoms with Crippen LogP contribution in [0.25, 0.3) is 0 Å². The molecule has 0 atom stereocenters. The molecule has 0 bridgehead atoms. The SMILES string of the molecule is CCc1ccccc1CN(C)C1=NC(N(C)Cc2ccccc2C)=N/C(N(C)Cc2ccccc2CC)=C\CC1. The Morgan fingerprint density at radius 2 is 1.10 bits per heavy atom. The summed E-state index contributed by atoms with van der Waals surface area (Å²) in [5.41, 5.74) is 8.04. The van der Waals surface area contributed by atoms with Gasteiger partial charge < -0.3 is 14.7 Å². The van der Waals surface area contributed by atoms with Crippen molar-refractivity contribution in [3.05, 3.63) is 118 Å². The highest BCUT2D eigenvalue weighted by Gasteiger charge is 2.18. The van der Waals surface area contributed by atoms with Crippen molar-refractivity contribution in [2.45, 2.75) is 66.1 Å². The molecule has 210 valence electrons. The van der Waals surface area contributed by atoms with Crippen LogP contribution in [0.1, 0.15) is 60.1 Å². The minimum atomic E-state index is 0.746. The molecule has 5 heteroatoms. The van der Waals surface area contributed by atoms with Gasteiger partial charge in [-0.15, -0.1) is 0 Å². The number of nitrogens with zero attached hydrogens (tertiary/aromatic N) is 5. The standard InChI is InChI=1S/C35H45N5/c1-7-28-17-11-13-20-31(28)25-38(4)33-22-15-23-34(39(5)26-32-21-14-12-18-29(32)8-2)37-35(36-33)40(6)24-30-19-10-9-16-27(30)3/h9-14,16-22H,7-8,15,23-26H2,1-6H3/b33-22+,36-35?,37-34?. The second-order valence-electron chi connectivity index (χ2n) is 10.8. The summed E-state index contributed by atoms with van der Waals surface area (Å²) >= 11 is 0. The zero-order valence-electron chi connectivity index (χ0n) is 25.2. The summed E-state index contributed by atoms with van der Waals surface area (Å²) < 4.78 is 0. The van der Waals surface area contributed by atoms with E-state index in [2.05, 4.69) is 135 Å². The molecule has 0 amide bonds. The highest BCUT2D eigenvalue weighted by molar-refractivity contribution is 5.96. The lowest BCUT2D eigenvalue weighted by molar-refractivity contribution is 0.398. The third-order valence-corrected chi connectivity index (χ3v) is 7.79. The van der Waals surface area contributed by atoms with Crippen molar-refractivity contribution in [2.75, 3.05) is 21.1 Å². The van der Waals surface area contributed by atoms with Crippen LogP contribution >= 0.6 is 0 Å². The minimum absolute atomic E-state index is 0.746. The van der Waals surface area contributed by atoms with Crippen LogP contribution in [0.4, 0.5) is 0 Å². The van der Waals surface area contributed by atoms with Crippen LogP contribution in [0.2, 0.25) is 0 Å². The Balaban J connectivity index is 1.65. The molecule has 0 unspecified atom stereocenters. The summed E-state index contributed by atoms with van der Waals surface area (Å²) in [7, 11) is 6.40. The van der Waals surface area contributed by atoms with E-state index in [0.717, 1.165) is 62.9 Å². The number of hydrogen-bond acceptors (Lipinski definition) is 5. The summed E-state index contributed by atoms with van der Waals surface area (Å²) in [5, 5.41) is 0. The molecule has 0 spiro atoms. The van der Waals surface area contributed by atoms with Crippen LogP contribution in [0, 0.1) is 6.92 Å². The smallest absolute Gasteiger partial charge is 0.229 e. The van der Waals surface area contributed by atoms with Crippen LogP contribution in [-0.2, 0) is 32.5 Å². The van der Waals surface area contributed by atoms with Crippen molar-refractivity contribution >= 4 is 11.8 Å². The molecule has 0 aromatic heterocycles. The maximum Gasteiger partial charge on any atom is 0.229 e. The third kappa shape index (κ3) is 7.41. The van der Waals surface area contributed by atoms with Crippen molar-refractivity contribution in [3.63, 3.8) is 0 Å². The lowest BCUT2D eigenvalue weighted by Gasteiger charge is -2.28. The first-order chi connectivity index (χ1) is 19.4. The van der Waals surface area contributed by atoms with E-state index < -0.39 is 0 Å². The van der Waals surface area contributed by atoms with E-state index in [9.17, 15) is 0 Å². The summed E-state index contributed by atoms with van der Waals surface area (Å²) in [6.07, 6.45) is 6.09. The topological polar surface area (TPSA) is 34.4 Å². The van der Waals surface area contributed by atoms with Crippen molar-refractivity contribution in [2.24, 2.45) is 9.98 Å². The number of aliphatic imine (C=N–C) groups is 2. The van der Waals surface area contributed by atoms with Gasteiger partial charge in [0.05, 0.1) is 0 Å². The molecule has 3 aromatic carbocycles. The Bertz CT molecular complexity index is 1370. The highest BCUT2D eigenvalue weighted by atomic mass is 15.3. The summed E-state index contributed by atoms with van der Waals surface area (Å²) in [5.74, 6) is 2.78. The summed E-state index contributed by atoms with van der Waals surface area (Å²) in [6, 6.07) is 26.0. The zero-order chi connectivity index (χ0) is 28.5. The maximum atomic E-state index is 5.24. The first-order valence-corrected chi connectivity index (χ1v) is 14.6. The minimum Gasteiger partial charge on any atom is -0.359 e. The van der Waals surface area contributed by atoms with E-state index in [1.54, 1.807) is 0 Å². The van der Waals surface area contributed by atoms with Crippen molar-refractivity contribution in [1.29, 1.82) is 0 Å². The van der Waals surface area contributed by atoms with Gasteiger partial charge in [-0.25, -0.2) is 0 Å². The Morgan fingerprint density at radius 1 is 0.600 bits per heavy atom. The number of guanidine groups is 1. The van der Waals surface area contributed by atoms with Gasteiger partial charge in [-0.2, -0.15) is 9.98 Å². The second kappa shape index (κ2) is 14.0. The van der Waals surface area contributed by atoms with Gasteiger partial charge in [0.1, 0.15) is 11.7 Å². The predicted molar refractivity (Wildman–Crippen MR) is 169 cm³/mol. The first-order valence-electron chi connectivity index (χ1n) is 14.6. The Hall–Kier alpha value is -3.86. The number of hydrogen-bond donors (Lipinski definition) is 0. The molecule has 0 saturated carbocycles. The van der Waals surface area contributed by atoms with E-state index in [1.165, 1.54) is 33.4 Å². The molecule has 40 heavy (non-hydrogen) atoms. The largest absolute Gasteiger partial charge is 0.359 e. The number of allylic oxidation sites excluding steroid dienone is 1. The molecule has 4 rings (SSSR count). The van der Waals surface area contributed by atoms with Crippen LogP contribution < -0.4 is 0 Å². The Kier molecular flexibility index (Phi) is 10.2. The maximum absolute atomic E-state index is 5.24. The van der Waals surface area contributed by atoms with Gasteiger partial charge in [0, 0.05) is 47.2 Å². The lowest BCUT2D eigenvalue weighted by atomic mass is 10.0. The lowest BCUT2D eigenvalue weighted by Crippen LogP contribution is -2.33. The average Bonchev–Trinajstić information content (AvgIpc) is 2.94. The molecule has 3 aromatic rings. The quantitative estimate of drug-likeness (QED) is 0.290. The Labute approximate surface area is 241 Å². The molecule has 0 radical (unpaired) electrons. The number of benzene rings is 3.